The third-order valence-corrected chi connectivity index (χ3v) is 13.6. The fraction of sp³-hybridized carbons (Fsp3) is 0.462. The van der Waals surface area contributed by atoms with Gasteiger partial charge in [-0.15, -0.1) is 0 Å². The molecule has 0 aliphatic carbocycles. The Balaban J connectivity index is 2.00. The minimum absolute atomic E-state index is 0.0376. The van der Waals surface area contributed by atoms with Gasteiger partial charge in [0.05, 0.1) is 21.3 Å². The number of aliphatic carboxylic acids is 1. The molecule has 0 aromatic heterocycles. The van der Waals surface area contributed by atoms with Crippen LogP contribution in [-0.2, 0) is 56.1 Å². The molecular weight excluding hydrogens is 849 g/mol. The Morgan fingerprint density at radius 1 is 0.780 bits per heavy atom. The van der Waals surface area contributed by atoms with Crippen LogP contribution in [0.5, 0.6) is 0 Å². The molecule has 328 valence electrons. The SMILES string of the molecule is C=C(C=CC=CC=C1N(CCCCCC(=O)O)c2ccc(S(=O)(=O)O)cc2C1(C)C)C(C)(CCCCS(=O)(=O)O)c1cc(S(=O)(=O)O)ccc1NCCCCS(=O)(=O)O. The van der Waals surface area contributed by atoms with Gasteiger partial charge in [0.25, 0.3) is 40.5 Å². The van der Waals surface area contributed by atoms with Gasteiger partial charge in [0.2, 0.25) is 0 Å². The summed E-state index contributed by atoms with van der Waals surface area (Å²) < 4.78 is 132. The summed E-state index contributed by atoms with van der Waals surface area (Å²) >= 11 is 0. The lowest BCUT2D eigenvalue weighted by Gasteiger charge is -2.34. The van der Waals surface area contributed by atoms with E-state index in [1.807, 2.05) is 24.8 Å². The summed E-state index contributed by atoms with van der Waals surface area (Å²) in [7, 11) is -17.6. The zero-order valence-corrected chi connectivity index (χ0v) is 36.5. The molecule has 2 aromatic rings. The summed E-state index contributed by atoms with van der Waals surface area (Å²) in [5, 5.41) is 12.2. The fourth-order valence-electron chi connectivity index (χ4n) is 7.00. The second-order valence-corrected chi connectivity index (χ2v) is 21.1. The first-order chi connectivity index (χ1) is 27.2. The van der Waals surface area contributed by atoms with Crippen LogP contribution in [0.2, 0.25) is 0 Å². The summed E-state index contributed by atoms with van der Waals surface area (Å²) in [5.41, 5.74) is 1.66. The molecule has 1 aliphatic heterocycles. The van der Waals surface area contributed by atoms with Crippen molar-refractivity contribution in [1.82, 2.24) is 0 Å². The molecular formula is C39H54N2O14S4. The quantitative estimate of drug-likeness (QED) is 0.0369. The Labute approximate surface area is 347 Å². The Hall–Kier alpha value is -3.89. The topological polar surface area (TPSA) is 270 Å². The Morgan fingerprint density at radius 3 is 1.97 bits per heavy atom. The zero-order valence-electron chi connectivity index (χ0n) is 33.2. The highest BCUT2D eigenvalue weighted by molar-refractivity contribution is 7.86. The van der Waals surface area contributed by atoms with Gasteiger partial charge in [-0.25, -0.2) is 0 Å². The summed E-state index contributed by atoms with van der Waals surface area (Å²) in [4.78, 5) is 12.4. The van der Waals surface area contributed by atoms with Crippen molar-refractivity contribution in [3.05, 3.63) is 95.8 Å². The van der Waals surface area contributed by atoms with Crippen molar-refractivity contribution < 1.29 is 61.8 Å². The number of nitrogens with zero attached hydrogens (tertiary/aromatic N) is 1. The molecule has 0 saturated heterocycles. The second kappa shape index (κ2) is 20.1. The van der Waals surface area contributed by atoms with E-state index in [4.69, 9.17) is 9.66 Å². The largest absolute Gasteiger partial charge is 0.481 e. The number of fused-ring (bicyclic) bond motifs is 1. The molecule has 59 heavy (non-hydrogen) atoms. The normalized spacial score (nSPS) is 16.5. The molecule has 0 spiro atoms. The van der Waals surface area contributed by atoms with Gasteiger partial charge < -0.3 is 15.3 Å². The minimum atomic E-state index is -4.68. The molecule has 0 radical (unpaired) electrons. The van der Waals surface area contributed by atoms with Crippen molar-refractivity contribution >= 4 is 57.8 Å². The molecule has 0 fully saturated rings. The number of carboxylic acids is 1. The first kappa shape index (κ1) is 49.5. The van der Waals surface area contributed by atoms with Crippen molar-refractivity contribution in [2.24, 2.45) is 0 Å². The first-order valence-electron chi connectivity index (χ1n) is 18.8. The minimum Gasteiger partial charge on any atom is -0.481 e. The van der Waals surface area contributed by atoms with Gasteiger partial charge in [-0.2, -0.15) is 33.7 Å². The van der Waals surface area contributed by atoms with Crippen LogP contribution in [0.1, 0.15) is 89.7 Å². The molecule has 1 aliphatic rings. The number of carbonyl (C=O) groups is 1. The van der Waals surface area contributed by atoms with E-state index in [0.717, 1.165) is 11.4 Å². The third kappa shape index (κ3) is 14.7. The molecule has 1 unspecified atom stereocenters. The summed E-state index contributed by atoms with van der Waals surface area (Å²) in [6.45, 7) is 10.6. The van der Waals surface area contributed by atoms with Gasteiger partial charge in [-0.3, -0.25) is 23.0 Å². The number of hydrogen-bond donors (Lipinski definition) is 6. The van der Waals surface area contributed by atoms with Crippen molar-refractivity contribution in [3.8, 4) is 0 Å². The van der Waals surface area contributed by atoms with Crippen LogP contribution in [0.25, 0.3) is 0 Å². The molecule has 1 heterocycles. The van der Waals surface area contributed by atoms with Gasteiger partial charge in [0, 0.05) is 47.4 Å². The van der Waals surface area contributed by atoms with E-state index < -0.39 is 73.7 Å². The lowest BCUT2D eigenvalue weighted by molar-refractivity contribution is -0.137. The molecule has 2 aromatic carbocycles. The average molecular weight is 903 g/mol. The van der Waals surface area contributed by atoms with Crippen molar-refractivity contribution in [1.29, 1.82) is 0 Å². The number of anilines is 2. The summed E-state index contributed by atoms with van der Waals surface area (Å²) in [6, 6.07) is 8.31. The second-order valence-electron chi connectivity index (χ2n) is 15.1. The van der Waals surface area contributed by atoms with Gasteiger partial charge in [-0.1, -0.05) is 64.5 Å². The van der Waals surface area contributed by atoms with E-state index in [9.17, 15) is 52.1 Å². The molecule has 3 rings (SSSR count). The monoisotopic (exact) mass is 902 g/mol. The van der Waals surface area contributed by atoms with Gasteiger partial charge >= 0.3 is 5.97 Å². The first-order valence-corrected chi connectivity index (χ1v) is 24.9. The van der Waals surface area contributed by atoms with E-state index in [-0.39, 0.29) is 43.5 Å². The van der Waals surface area contributed by atoms with E-state index in [0.29, 0.717) is 54.6 Å². The third-order valence-electron chi connectivity index (χ3n) is 10.3. The molecule has 20 heteroatoms. The maximum absolute atomic E-state index is 12.3. The van der Waals surface area contributed by atoms with Crippen LogP contribution < -0.4 is 10.2 Å². The number of allylic oxidation sites excluding steroid dienone is 7. The summed E-state index contributed by atoms with van der Waals surface area (Å²) in [5.74, 6) is -1.85. The number of hydrogen-bond acceptors (Lipinski definition) is 11. The fourth-order valence-corrected chi connectivity index (χ4v) is 9.15. The zero-order chi connectivity index (χ0) is 44.5. The lowest BCUT2D eigenvalue weighted by atomic mass is 9.72. The van der Waals surface area contributed by atoms with E-state index in [2.05, 4.69) is 11.9 Å². The van der Waals surface area contributed by atoms with Crippen LogP contribution in [0, 0.1) is 0 Å². The van der Waals surface area contributed by atoms with Gasteiger partial charge in [0.15, 0.2) is 0 Å². The number of unbranched alkanes of at least 4 members (excludes halogenated alkanes) is 4. The maximum Gasteiger partial charge on any atom is 0.303 e. The van der Waals surface area contributed by atoms with Gasteiger partial charge in [0.1, 0.15) is 0 Å². The maximum atomic E-state index is 12.3. The van der Waals surface area contributed by atoms with E-state index >= 15 is 0 Å². The van der Waals surface area contributed by atoms with Crippen LogP contribution in [-0.4, -0.2) is 87.6 Å². The average Bonchev–Trinajstić information content (AvgIpc) is 3.32. The number of carboxylic acid groups (broad SMARTS) is 1. The van der Waals surface area contributed by atoms with Crippen molar-refractivity contribution in [2.75, 3.05) is 34.8 Å². The Bertz CT molecular complexity index is 2400. The molecule has 1 atom stereocenters. The number of benzene rings is 2. The van der Waals surface area contributed by atoms with Crippen molar-refractivity contribution in [2.45, 2.75) is 99.2 Å². The number of nitrogens with one attached hydrogen (secondary N) is 1. The highest BCUT2D eigenvalue weighted by atomic mass is 32.2. The molecule has 0 saturated carbocycles. The highest BCUT2D eigenvalue weighted by Crippen LogP contribution is 2.48. The standard InChI is InChI=1S/C39H54N2O14S4/c1-29(15-7-5-8-16-36-38(2,3)33-28-31(59(53,54)55)19-21-35(33)41(36)24-12-6-9-17-37(42)43)39(4,22-10-13-25-56(44,45)46)32-27-30(58(50,51)52)18-20-34(32)40-23-11-14-26-57(47,48)49/h5,7-8,15-16,18-21,27-28,40H,1,6,9-14,17,22-26H2,2-4H3,(H,42,43)(H,44,45,46)(H,47,48,49)(H,50,51,52)(H,53,54,55). The summed E-state index contributed by atoms with van der Waals surface area (Å²) in [6.07, 6.45) is 11.5. The van der Waals surface area contributed by atoms with E-state index in [1.165, 1.54) is 30.3 Å². The smallest absolute Gasteiger partial charge is 0.303 e. The predicted molar refractivity (Wildman–Crippen MR) is 226 cm³/mol. The Kier molecular flexibility index (Phi) is 16.9. The lowest BCUT2D eigenvalue weighted by Crippen LogP contribution is -2.27. The molecule has 6 N–H and O–H groups in total. The molecule has 16 nitrogen and oxygen atoms in total. The van der Waals surface area contributed by atoms with Crippen LogP contribution in [0.15, 0.2) is 94.4 Å². The molecule has 0 amide bonds. The van der Waals surface area contributed by atoms with Crippen LogP contribution in [0.4, 0.5) is 11.4 Å². The van der Waals surface area contributed by atoms with Gasteiger partial charge in [-0.05, 0) is 97.7 Å². The van der Waals surface area contributed by atoms with Crippen LogP contribution in [0.3, 0.4) is 0 Å². The van der Waals surface area contributed by atoms with E-state index in [1.54, 1.807) is 37.3 Å². The Morgan fingerprint density at radius 2 is 1.37 bits per heavy atom. The number of rotatable bonds is 24. The van der Waals surface area contributed by atoms with Crippen molar-refractivity contribution in [3.63, 3.8) is 0 Å². The molecule has 0 bridgehead atoms. The van der Waals surface area contributed by atoms with Crippen LogP contribution >= 0.6 is 0 Å². The predicted octanol–water partition coefficient (Wildman–Crippen LogP) is 6.57. The highest BCUT2D eigenvalue weighted by Gasteiger charge is 2.40.